The Hall–Kier alpha value is -1.86. The summed E-state index contributed by atoms with van der Waals surface area (Å²) in [4.78, 5) is 0. The lowest BCUT2D eigenvalue weighted by atomic mass is 9.88. The molecule has 2 unspecified atom stereocenters. The van der Waals surface area contributed by atoms with Crippen molar-refractivity contribution in [2.24, 2.45) is 0 Å². The van der Waals surface area contributed by atoms with Gasteiger partial charge in [-0.3, -0.25) is 0 Å². The summed E-state index contributed by atoms with van der Waals surface area (Å²) >= 11 is 0. The van der Waals surface area contributed by atoms with E-state index in [1.54, 1.807) is 21.5 Å². The second-order valence-electron chi connectivity index (χ2n) is 8.66. The Morgan fingerprint density at radius 2 is 1.16 bits per heavy atom. The molecule has 0 N–H and O–H groups in total. The average Bonchev–Trinajstić information content (AvgIpc) is 3.11. The molecule has 0 bridgehead atoms. The first-order chi connectivity index (χ1) is 12.0. The standard InChI is InChI=1S/C24H26Si/c1-15-7-5-9-17-19-11-12-20-18-10-6-8-16(2)22(18)14-24(20)25(3,4)23(19)13-21(15)17/h5-10,13-14,19-20H,11-12H2,1-4H3. The molecule has 2 atom stereocenters. The van der Waals surface area contributed by atoms with E-state index in [1.165, 1.54) is 35.1 Å². The van der Waals surface area contributed by atoms with Crippen LogP contribution in [-0.4, -0.2) is 8.07 Å². The van der Waals surface area contributed by atoms with Gasteiger partial charge >= 0.3 is 0 Å². The number of hydrogen-bond acceptors (Lipinski definition) is 0. The molecule has 2 aromatic carbocycles. The summed E-state index contributed by atoms with van der Waals surface area (Å²) in [6.45, 7) is 9.73. The molecule has 1 heterocycles. The summed E-state index contributed by atoms with van der Waals surface area (Å²) in [7, 11) is -1.62. The summed E-state index contributed by atoms with van der Waals surface area (Å²) in [5.41, 5.74) is 9.13. The van der Waals surface area contributed by atoms with Crippen LogP contribution in [0.25, 0.3) is 12.2 Å². The lowest BCUT2D eigenvalue weighted by Gasteiger charge is -2.30. The van der Waals surface area contributed by atoms with Gasteiger partial charge in [0.25, 0.3) is 0 Å². The van der Waals surface area contributed by atoms with Crippen molar-refractivity contribution in [2.75, 3.05) is 0 Å². The van der Waals surface area contributed by atoms with Crippen molar-refractivity contribution in [1.29, 1.82) is 0 Å². The Kier molecular flexibility index (Phi) is 3.13. The van der Waals surface area contributed by atoms with Crippen LogP contribution in [0.1, 0.15) is 58.1 Å². The van der Waals surface area contributed by atoms with Gasteiger partial charge in [0.05, 0.1) is 0 Å². The van der Waals surface area contributed by atoms with Crippen molar-refractivity contribution in [3.8, 4) is 0 Å². The van der Waals surface area contributed by atoms with E-state index in [2.05, 4.69) is 75.5 Å². The molecule has 0 aromatic heterocycles. The predicted octanol–water partition coefficient (Wildman–Crippen LogP) is 6.55. The van der Waals surface area contributed by atoms with Gasteiger partial charge in [-0.25, -0.2) is 0 Å². The zero-order valence-corrected chi connectivity index (χ0v) is 16.7. The minimum atomic E-state index is -1.62. The van der Waals surface area contributed by atoms with Gasteiger partial charge in [0.1, 0.15) is 8.07 Å². The number of rotatable bonds is 0. The topological polar surface area (TPSA) is 0 Å². The van der Waals surface area contributed by atoms with Gasteiger partial charge < -0.3 is 0 Å². The van der Waals surface area contributed by atoms with Gasteiger partial charge in [-0.05, 0) is 60.1 Å². The number of benzene rings is 2. The minimum absolute atomic E-state index is 0.663. The van der Waals surface area contributed by atoms with Crippen LogP contribution in [0.4, 0.5) is 0 Å². The van der Waals surface area contributed by atoms with Crippen LogP contribution in [0, 0.1) is 13.8 Å². The van der Waals surface area contributed by atoms with Crippen molar-refractivity contribution in [1.82, 2.24) is 0 Å². The zero-order chi connectivity index (χ0) is 17.3. The number of fused-ring (bicyclic) bond motifs is 6. The third-order valence-electron chi connectivity index (χ3n) is 7.00. The molecule has 1 heteroatoms. The van der Waals surface area contributed by atoms with Crippen LogP contribution >= 0.6 is 0 Å². The number of hydrogen-bond donors (Lipinski definition) is 0. The molecule has 2 aromatic rings. The second-order valence-corrected chi connectivity index (χ2v) is 13.1. The fourth-order valence-corrected chi connectivity index (χ4v) is 9.30. The Balaban J connectivity index is 1.69. The fourth-order valence-electron chi connectivity index (χ4n) is 5.61. The summed E-state index contributed by atoms with van der Waals surface area (Å²) < 4.78 is 0. The largest absolute Gasteiger partial charge is 0.104 e. The van der Waals surface area contributed by atoms with E-state index in [4.69, 9.17) is 0 Å². The molecule has 0 spiro atoms. The molecule has 1 saturated heterocycles. The summed E-state index contributed by atoms with van der Waals surface area (Å²) in [6.07, 6.45) is 7.77. The van der Waals surface area contributed by atoms with E-state index in [9.17, 15) is 0 Å². The highest BCUT2D eigenvalue weighted by molar-refractivity contribution is 6.92. The maximum atomic E-state index is 2.60. The third kappa shape index (κ3) is 1.99. The molecule has 0 amide bonds. The van der Waals surface area contributed by atoms with Crippen molar-refractivity contribution in [2.45, 2.75) is 51.6 Å². The van der Waals surface area contributed by atoms with E-state index in [0.29, 0.717) is 11.8 Å². The van der Waals surface area contributed by atoms with Crippen LogP contribution < -0.4 is 0 Å². The maximum absolute atomic E-state index is 2.60. The van der Waals surface area contributed by atoms with E-state index < -0.39 is 8.07 Å². The van der Waals surface area contributed by atoms with Crippen LogP contribution in [0.2, 0.25) is 13.1 Å². The first-order valence-electron chi connectivity index (χ1n) is 9.61. The Bertz CT molecular complexity index is 881. The van der Waals surface area contributed by atoms with Gasteiger partial charge in [0.15, 0.2) is 0 Å². The van der Waals surface area contributed by atoms with E-state index in [1.807, 2.05) is 0 Å². The molecular weight excluding hydrogens is 316 g/mol. The lowest BCUT2D eigenvalue weighted by Crippen LogP contribution is -2.33. The summed E-state index contributed by atoms with van der Waals surface area (Å²) in [6, 6.07) is 13.8. The molecule has 25 heavy (non-hydrogen) atoms. The Morgan fingerprint density at radius 3 is 1.60 bits per heavy atom. The van der Waals surface area contributed by atoms with Gasteiger partial charge in [-0.1, -0.05) is 72.0 Å². The highest BCUT2D eigenvalue weighted by atomic mass is 28.3. The molecule has 126 valence electrons. The smallest absolute Gasteiger partial charge is 0.0684 e. The number of aryl methyl sites for hydroxylation is 2. The zero-order valence-electron chi connectivity index (χ0n) is 15.7. The molecule has 0 saturated carbocycles. The van der Waals surface area contributed by atoms with Crippen molar-refractivity contribution < 1.29 is 0 Å². The van der Waals surface area contributed by atoms with Gasteiger partial charge in [-0.15, -0.1) is 0 Å². The first-order valence-corrected chi connectivity index (χ1v) is 12.6. The molecule has 3 aliphatic rings. The highest BCUT2D eigenvalue weighted by Crippen LogP contribution is 2.55. The molecule has 0 radical (unpaired) electrons. The summed E-state index contributed by atoms with van der Waals surface area (Å²) in [5, 5.41) is 3.55. The lowest BCUT2D eigenvalue weighted by molar-refractivity contribution is 0.642. The minimum Gasteiger partial charge on any atom is -0.0684 e. The van der Waals surface area contributed by atoms with Crippen molar-refractivity contribution in [3.05, 3.63) is 80.2 Å². The van der Waals surface area contributed by atoms with E-state index in [-0.39, 0.29) is 0 Å². The van der Waals surface area contributed by atoms with Gasteiger partial charge in [-0.2, -0.15) is 0 Å². The maximum Gasteiger partial charge on any atom is 0.104 e. The fraction of sp³-hybridized carbons (Fsp3) is 0.333. The second kappa shape index (κ2) is 5.08. The van der Waals surface area contributed by atoms with E-state index in [0.717, 1.165) is 0 Å². The molecular formula is C24H26Si. The molecule has 0 nitrogen and oxygen atoms in total. The van der Waals surface area contributed by atoms with Crippen LogP contribution in [0.15, 0.2) is 46.8 Å². The van der Waals surface area contributed by atoms with Gasteiger partial charge in [0, 0.05) is 11.8 Å². The normalized spacial score (nSPS) is 25.3. The Morgan fingerprint density at radius 1 is 0.720 bits per heavy atom. The monoisotopic (exact) mass is 342 g/mol. The van der Waals surface area contributed by atoms with Crippen LogP contribution in [-0.2, 0) is 0 Å². The molecule has 1 aliphatic heterocycles. The van der Waals surface area contributed by atoms with Crippen molar-refractivity contribution in [3.63, 3.8) is 0 Å². The molecule has 5 rings (SSSR count). The SMILES string of the molecule is Cc1cccc2c1C=C1C2CCC2C(=Cc3c(C)cccc32)[Si]1(C)C. The molecule has 2 aliphatic carbocycles. The van der Waals surface area contributed by atoms with Gasteiger partial charge in [0.2, 0.25) is 0 Å². The predicted molar refractivity (Wildman–Crippen MR) is 111 cm³/mol. The quantitative estimate of drug-likeness (QED) is 0.476. The first kappa shape index (κ1) is 15.4. The average molecular weight is 343 g/mol. The van der Waals surface area contributed by atoms with Crippen molar-refractivity contribution >= 4 is 20.2 Å². The van der Waals surface area contributed by atoms with E-state index >= 15 is 0 Å². The van der Waals surface area contributed by atoms with Crippen LogP contribution in [0.5, 0.6) is 0 Å². The third-order valence-corrected chi connectivity index (χ3v) is 10.9. The Labute approximate surface area is 152 Å². The number of allylic oxidation sites excluding steroid dienone is 2. The highest BCUT2D eigenvalue weighted by Gasteiger charge is 2.46. The molecule has 1 fully saturated rings. The summed E-state index contributed by atoms with van der Waals surface area (Å²) in [5.74, 6) is 1.33. The van der Waals surface area contributed by atoms with Crippen LogP contribution in [0.3, 0.4) is 0 Å².